The number of alkyl halides is 1. The Bertz CT molecular complexity index is 337. The Hall–Kier alpha value is -1.17. The lowest BCUT2D eigenvalue weighted by molar-refractivity contribution is -0.137. The van der Waals surface area contributed by atoms with E-state index in [0.29, 0.717) is 13.0 Å². The van der Waals surface area contributed by atoms with Crippen LogP contribution in [0.2, 0.25) is 0 Å². The highest BCUT2D eigenvalue weighted by molar-refractivity contribution is 5.93. The summed E-state index contributed by atoms with van der Waals surface area (Å²) < 4.78 is 13.5. The molecule has 17 heavy (non-hydrogen) atoms. The number of carbonyl (C=O) groups is 2. The summed E-state index contributed by atoms with van der Waals surface area (Å²) in [6, 6.07) is -0.696. The van der Waals surface area contributed by atoms with E-state index in [-0.39, 0.29) is 24.8 Å². The molecule has 4 atom stereocenters. The van der Waals surface area contributed by atoms with Crippen LogP contribution in [0.3, 0.4) is 0 Å². The summed E-state index contributed by atoms with van der Waals surface area (Å²) in [6.45, 7) is 2.43. The number of carbonyl (C=O) groups excluding carboxylic acids is 2. The van der Waals surface area contributed by atoms with E-state index in [4.69, 9.17) is 0 Å². The topological polar surface area (TPSA) is 69.6 Å². The Morgan fingerprint density at radius 3 is 2.82 bits per heavy atom. The first-order valence-corrected chi connectivity index (χ1v) is 5.90. The zero-order valence-electron chi connectivity index (χ0n) is 9.73. The maximum atomic E-state index is 13.5. The molecule has 6 heteroatoms. The normalized spacial score (nSPS) is 38.1. The highest BCUT2D eigenvalue weighted by Gasteiger charge is 2.38. The van der Waals surface area contributed by atoms with Crippen molar-refractivity contribution in [3.63, 3.8) is 0 Å². The molecule has 0 unspecified atom stereocenters. The van der Waals surface area contributed by atoms with Gasteiger partial charge < -0.3 is 15.3 Å². The van der Waals surface area contributed by atoms with Crippen molar-refractivity contribution in [2.24, 2.45) is 5.92 Å². The number of aliphatic hydroxyl groups is 1. The van der Waals surface area contributed by atoms with Gasteiger partial charge in [-0.15, -0.1) is 0 Å². The number of hydrogen-bond donors (Lipinski definition) is 2. The van der Waals surface area contributed by atoms with Crippen molar-refractivity contribution in [1.29, 1.82) is 0 Å². The molecule has 5 nitrogen and oxygen atoms in total. The molecule has 0 aromatic rings. The van der Waals surface area contributed by atoms with Crippen LogP contribution in [0.15, 0.2) is 0 Å². The summed E-state index contributed by atoms with van der Waals surface area (Å²) >= 11 is 0. The summed E-state index contributed by atoms with van der Waals surface area (Å²) in [5.74, 6) is -0.835. The third-order valence-corrected chi connectivity index (χ3v) is 3.55. The van der Waals surface area contributed by atoms with E-state index < -0.39 is 24.2 Å². The number of rotatable bonds is 1. The van der Waals surface area contributed by atoms with Gasteiger partial charge in [-0.3, -0.25) is 9.59 Å². The van der Waals surface area contributed by atoms with Crippen molar-refractivity contribution >= 4 is 11.8 Å². The third kappa shape index (κ3) is 2.41. The third-order valence-electron chi connectivity index (χ3n) is 3.55. The second kappa shape index (κ2) is 4.60. The summed E-state index contributed by atoms with van der Waals surface area (Å²) in [4.78, 5) is 24.5. The standard InChI is InChI=1S/C11H17FN2O3/c1-6-2-3-14(5-7(6)12)11(17)8-4-9(15)10(16)13-8/h6-9,15H,2-5H2,1H3,(H,13,16)/t6-,7+,8-,9+/m0/s1. The van der Waals surface area contributed by atoms with Gasteiger partial charge in [0.2, 0.25) is 11.8 Å². The molecule has 0 aromatic heterocycles. The summed E-state index contributed by atoms with van der Waals surface area (Å²) in [5.41, 5.74) is 0. The van der Waals surface area contributed by atoms with Crippen LogP contribution in [-0.4, -0.2) is 53.2 Å². The minimum absolute atomic E-state index is 0.0252. The van der Waals surface area contributed by atoms with Crippen molar-refractivity contribution in [2.75, 3.05) is 13.1 Å². The van der Waals surface area contributed by atoms with Crippen LogP contribution in [0.4, 0.5) is 4.39 Å². The SMILES string of the molecule is C[C@H]1CCN(C(=O)[C@@H]2C[C@@H](O)C(=O)N2)C[C@H]1F. The monoisotopic (exact) mass is 244 g/mol. The minimum atomic E-state index is -1.12. The molecule has 2 amide bonds. The van der Waals surface area contributed by atoms with Crippen LogP contribution in [0, 0.1) is 5.92 Å². The molecule has 2 aliphatic rings. The van der Waals surface area contributed by atoms with E-state index in [2.05, 4.69) is 5.32 Å². The highest BCUT2D eigenvalue weighted by Crippen LogP contribution is 2.21. The summed E-state index contributed by atoms with van der Waals surface area (Å²) in [6.07, 6.45) is -1.40. The fourth-order valence-electron chi connectivity index (χ4n) is 2.26. The Labute approximate surface area is 99.0 Å². The van der Waals surface area contributed by atoms with Gasteiger partial charge in [0, 0.05) is 13.0 Å². The first-order valence-electron chi connectivity index (χ1n) is 5.90. The quantitative estimate of drug-likeness (QED) is 0.650. The van der Waals surface area contributed by atoms with Gasteiger partial charge >= 0.3 is 0 Å². The van der Waals surface area contributed by atoms with Crippen molar-refractivity contribution < 1.29 is 19.1 Å². The molecule has 2 heterocycles. The molecule has 2 saturated heterocycles. The largest absolute Gasteiger partial charge is 0.383 e. The van der Waals surface area contributed by atoms with E-state index >= 15 is 0 Å². The first kappa shape index (κ1) is 12.3. The number of amides is 2. The van der Waals surface area contributed by atoms with Gasteiger partial charge in [0.15, 0.2) is 0 Å². The summed E-state index contributed by atoms with van der Waals surface area (Å²) in [7, 11) is 0. The Morgan fingerprint density at radius 2 is 2.29 bits per heavy atom. The number of hydrogen-bond acceptors (Lipinski definition) is 3. The van der Waals surface area contributed by atoms with Crippen molar-refractivity contribution in [1.82, 2.24) is 10.2 Å². The average Bonchev–Trinajstić information content (AvgIpc) is 2.62. The second-order valence-electron chi connectivity index (χ2n) is 4.88. The van der Waals surface area contributed by atoms with Gasteiger partial charge in [0.05, 0.1) is 6.54 Å². The fraction of sp³-hybridized carbons (Fsp3) is 0.818. The maximum absolute atomic E-state index is 13.5. The first-order chi connectivity index (χ1) is 7.99. The Balaban J connectivity index is 1.95. The Kier molecular flexibility index (Phi) is 3.33. The van der Waals surface area contributed by atoms with E-state index in [0.717, 1.165) is 0 Å². The van der Waals surface area contributed by atoms with Gasteiger partial charge in [-0.25, -0.2) is 4.39 Å². The molecule has 0 aromatic carbocycles. The smallest absolute Gasteiger partial charge is 0.249 e. The maximum Gasteiger partial charge on any atom is 0.249 e. The van der Waals surface area contributed by atoms with Crippen molar-refractivity contribution in [2.45, 2.75) is 38.1 Å². The van der Waals surface area contributed by atoms with Gasteiger partial charge in [0.1, 0.15) is 18.3 Å². The zero-order chi connectivity index (χ0) is 12.6. The minimum Gasteiger partial charge on any atom is -0.383 e. The number of aliphatic hydroxyl groups excluding tert-OH is 1. The lowest BCUT2D eigenvalue weighted by atomic mass is 9.96. The Morgan fingerprint density at radius 1 is 1.59 bits per heavy atom. The molecule has 2 N–H and O–H groups in total. The number of nitrogens with zero attached hydrogens (tertiary/aromatic N) is 1. The number of piperidine rings is 1. The van der Waals surface area contributed by atoms with Gasteiger partial charge in [-0.2, -0.15) is 0 Å². The molecule has 0 radical (unpaired) electrons. The van der Waals surface area contributed by atoms with Gasteiger partial charge in [-0.05, 0) is 12.3 Å². The van der Waals surface area contributed by atoms with E-state index in [9.17, 15) is 19.1 Å². The number of halogens is 1. The lowest BCUT2D eigenvalue weighted by Crippen LogP contribution is -2.50. The summed E-state index contributed by atoms with van der Waals surface area (Å²) in [5, 5.41) is 11.7. The average molecular weight is 244 g/mol. The molecule has 0 spiro atoms. The van der Waals surface area contributed by atoms with E-state index in [1.54, 1.807) is 0 Å². The van der Waals surface area contributed by atoms with E-state index in [1.807, 2.05) is 6.92 Å². The molecule has 2 rings (SSSR count). The fourth-order valence-corrected chi connectivity index (χ4v) is 2.26. The highest BCUT2D eigenvalue weighted by atomic mass is 19.1. The predicted octanol–water partition coefficient (Wildman–Crippen LogP) is -0.558. The predicted molar refractivity (Wildman–Crippen MR) is 57.8 cm³/mol. The van der Waals surface area contributed by atoms with Gasteiger partial charge in [-0.1, -0.05) is 6.92 Å². The van der Waals surface area contributed by atoms with Crippen LogP contribution in [0.25, 0.3) is 0 Å². The molecular formula is C11H17FN2O3. The molecule has 2 fully saturated rings. The van der Waals surface area contributed by atoms with Crippen LogP contribution in [0.1, 0.15) is 19.8 Å². The lowest BCUT2D eigenvalue weighted by Gasteiger charge is -2.34. The molecule has 2 aliphatic heterocycles. The molecule has 96 valence electrons. The van der Waals surface area contributed by atoms with Crippen molar-refractivity contribution in [3.05, 3.63) is 0 Å². The van der Waals surface area contributed by atoms with E-state index in [1.165, 1.54) is 4.90 Å². The second-order valence-corrected chi connectivity index (χ2v) is 4.88. The van der Waals surface area contributed by atoms with Crippen LogP contribution < -0.4 is 5.32 Å². The molecule has 0 saturated carbocycles. The van der Waals surface area contributed by atoms with Crippen molar-refractivity contribution in [3.8, 4) is 0 Å². The van der Waals surface area contributed by atoms with Crippen LogP contribution in [0.5, 0.6) is 0 Å². The molecule has 0 aliphatic carbocycles. The number of likely N-dealkylation sites (tertiary alicyclic amines) is 1. The molecular weight excluding hydrogens is 227 g/mol. The molecule has 0 bridgehead atoms. The zero-order valence-corrected chi connectivity index (χ0v) is 9.73. The van der Waals surface area contributed by atoms with Gasteiger partial charge in [0.25, 0.3) is 0 Å². The van der Waals surface area contributed by atoms with Crippen LogP contribution >= 0.6 is 0 Å². The van der Waals surface area contributed by atoms with Crippen LogP contribution in [-0.2, 0) is 9.59 Å². The number of nitrogens with one attached hydrogen (secondary N) is 1.